The monoisotopic (exact) mass is 358 g/mol. The van der Waals surface area contributed by atoms with Crippen molar-refractivity contribution in [3.63, 3.8) is 0 Å². The van der Waals surface area contributed by atoms with E-state index < -0.39 is 22.9 Å². The Morgan fingerprint density at radius 2 is 1.92 bits per heavy atom. The number of ether oxygens (including phenoxy) is 2. The molecule has 0 aromatic heterocycles. The Hall–Kier alpha value is -3.42. The molecule has 1 N–H and O–H groups in total. The number of nitro benzene ring substituents is 1. The molecule has 0 fully saturated rings. The number of non-ortho nitro benzene ring substituents is 1. The molecule has 0 saturated heterocycles. The predicted octanol–water partition coefficient (Wildman–Crippen LogP) is 3.10. The lowest BCUT2D eigenvalue weighted by atomic mass is 10.1. The number of nitro groups is 1. The molecule has 2 aromatic carbocycles. The fourth-order valence-corrected chi connectivity index (χ4v) is 2.20. The zero-order chi connectivity index (χ0) is 19.3. The second-order valence-corrected chi connectivity index (χ2v) is 5.55. The minimum Gasteiger partial charge on any atom is -0.495 e. The summed E-state index contributed by atoms with van der Waals surface area (Å²) in [7, 11) is 1.37. The lowest BCUT2D eigenvalue weighted by molar-refractivity contribution is -0.384. The first kappa shape index (κ1) is 18.9. The molecule has 2 aromatic rings. The number of esters is 1. The van der Waals surface area contributed by atoms with Gasteiger partial charge in [-0.05, 0) is 32.0 Å². The summed E-state index contributed by atoms with van der Waals surface area (Å²) in [4.78, 5) is 34.7. The van der Waals surface area contributed by atoms with Crippen molar-refractivity contribution in [3.8, 4) is 5.75 Å². The van der Waals surface area contributed by atoms with Crippen molar-refractivity contribution < 1.29 is 24.0 Å². The topological polar surface area (TPSA) is 108 Å². The van der Waals surface area contributed by atoms with Gasteiger partial charge in [-0.15, -0.1) is 0 Å². The summed E-state index contributed by atoms with van der Waals surface area (Å²) in [5.41, 5.74) is 1.13. The maximum Gasteiger partial charge on any atom is 0.338 e. The fraction of sp³-hybridized carbons (Fsp3) is 0.222. The Morgan fingerprint density at radius 3 is 2.54 bits per heavy atom. The highest BCUT2D eigenvalue weighted by molar-refractivity contribution is 5.98. The van der Waals surface area contributed by atoms with Gasteiger partial charge >= 0.3 is 5.97 Å². The molecule has 26 heavy (non-hydrogen) atoms. The van der Waals surface area contributed by atoms with Gasteiger partial charge in [0.25, 0.3) is 11.6 Å². The predicted molar refractivity (Wildman–Crippen MR) is 94.3 cm³/mol. The summed E-state index contributed by atoms with van der Waals surface area (Å²) in [5, 5.41) is 13.4. The molecule has 0 saturated carbocycles. The van der Waals surface area contributed by atoms with Gasteiger partial charge in [0.05, 0.1) is 23.3 Å². The van der Waals surface area contributed by atoms with Crippen LogP contribution in [0.3, 0.4) is 0 Å². The van der Waals surface area contributed by atoms with Gasteiger partial charge in [-0.3, -0.25) is 14.9 Å². The first-order valence-electron chi connectivity index (χ1n) is 7.72. The number of nitrogens with one attached hydrogen (secondary N) is 1. The highest BCUT2D eigenvalue weighted by atomic mass is 16.6. The van der Waals surface area contributed by atoms with Crippen LogP contribution in [0, 0.1) is 17.0 Å². The molecule has 1 amide bonds. The van der Waals surface area contributed by atoms with E-state index in [4.69, 9.17) is 9.47 Å². The molecule has 0 unspecified atom stereocenters. The second-order valence-electron chi connectivity index (χ2n) is 5.55. The van der Waals surface area contributed by atoms with Crippen LogP contribution in [-0.4, -0.2) is 30.0 Å². The van der Waals surface area contributed by atoms with E-state index in [1.165, 1.54) is 32.2 Å². The first-order chi connectivity index (χ1) is 12.3. The van der Waals surface area contributed by atoms with Crippen molar-refractivity contribution in [1.29, 1.82) is 0 Å². The van der Waals surface area contributed by atoms with Gasteiger partial charge < -0.3 is 14.8 Å². The zero-order valence-corrected chi connectivity index (χ0v) is 14.5. The number of amides is 1. The molecule has 8 heteroatoms. The van der Waals surface area contributed by atoms with E-state index in [2.05, 4.69) is 5.32 Å². The highest BCUT2D eigenvalue weighted by Crippen LogP contribution is 2.29. The van der Waals surface area contributed by atoms with E-state index in [1.54, 1.807) is 18.2 Å². The van der Waals surface area contributed by atoms with E-state index in [0.717, 1.165) is 5.56 Å². The van der Waals surface area contributed by atoms with Crippen LogP contribution in [0.15, 0.2) is 42.5 Å². The van der Waals surface area contributed by atoms with Crippen molar-refractivity contribution in [3.05, 3.63) is 63.7 Å². The van der Waals surface area contributed by atoms with Crippen molar-refractivity contribution in [1.82, 2.24) is 0 Å². The Morgan fingerprint density at radius 1 is 1.19 bits per heavy atom. The summed E-state index contributed by atoms with van der Waals surface area (Å²) in [6.07, 6.45) is -1.10. The van der Waals surface area contributed by atoms with E-state index in [1.807, 2.05) is 13.0 Å². The number of carbonyl (C=O) groups is 2. The molecule has 1 atom stereocenters. The quantitative estimate of drug-likeness (QED) is 0.483. The second kappa shape index (κ2) is 8.11. The van der Waals surface area contributed by atoms with Crippen LogP contribution in [0.4, 0.5) is 11.4 Å². The van der Waals surface area contributed by atoms with E-state index in [-0.39, 0.29) is 17.1 Å². The first-order valence-corrected chi connectivity index (χ1v) is 7.72. The van der Waals surface area contributed by atoms with Gasteiger partial charge in [-0.2, -0.15) is 0 Å². The average molecular weight is 358 g/mol. The van der Waals surface area contributed by atoms with Gasteiger partial charge in [0, 0.05) is 12.1 Å². The molecule has 0 spiro atoms. The van der Waals surface area contributed by atoms with E-state index in [9.17, 15) is 19.7 Å². The number of benzene rings is 2. The number of carbonyl (C=O) groups excluding carboxylic acids is 2. The van der Waals surface area contributed by atoms with Gasteiger partial charge in [0.2, 0.25) is 0 Å². The Kier molecular flexibility index (Phi) is 5.90. The van der Waals surface area contributed by atoms with E-state index in [0.29, 0.717) is 5.56 Å². The molecule has 0 heterocycles. The summed E-state index contributed by atoms with van der Waals surface area (Å²) < 4.78 is 10.2. The molecule has 8 nitrogen and oxygen atoms in total. The molecule has 0 aliphatic rings. The molecular formula is C18H18N2O6. The molecule has 0 aliphatic heterocycles. The van der Waals surface area contributed by atoms with Crippen LogP contribution in [0.25, 0.3) is 0 Å². The van der Waals surface area contributed by atoms with Crippen molar-refractivity contribution in [2.75, 3.05) is 12.4 Å². The number of methoxy groups -OCH3 is 1. The minimum atomic E-state index is -1.10. The van der Waals surface area contributed by atoms with Gasteiger partial charge in [-0.25, -0.2) is 4.79 Å². The average Bonchev–Trinajstić information content (AvgIpc) is 2.61. The third kappa shape index (κ3) is 4.56. The fourth-order valence-electron chi connectivity index (χ4n) is 2.20. The molecule has 2 rings (SSSR count). The normalized spacial score (nSPS) is 11.3. The zero-order valence-electron chi connectivity index (χ0n) is 14.5. The smallest absolute Gasteiger partial charge is 0.338 e. The van der Waals surface area contributed by atoms with Crippen LogP contribution in [0.5, 0.6) is 5.75 Å². The third-order valence-corrected chi connectivity index (χ3v) is 3.56. The van der Waals surface area contributed by atoms with Crippen LogP contribution in [0.2, 0.25) is 0 Å². The van der Waals surface area contributed by atoms with Crippen LogP contribution < -0.4 is 10.1 Å². The maximum absolute atomic E-state index is 12.3. The lowest BCUT2D eigenvalue weighted by Crippen LogP contribution is -2.30. The van der Waals surface area contributed by atoms with Gasteiger partial charge in [0.1, 0.15) is 5.75 Å². The summed E-state index contributed by atoms with van der Waals surface area (Å²) in [6.45, 7) is 3.24. The number of hydrogen-bond donors (Lipinski definition) is 1. The largest absolute Gasteiger partial charge is 0.495 e. The Bertz CT molecular complexity index is 849. The number of rotatable bonds is 6. The number of anilines is 1. The van der Waals surface area contributed by atoms with Gasteiger partial charge in [0.15, 0.2) is 6.10 Å². The molecule has 0 aliphatic carbocycles. The molecule has 136 valence electrons. The lowest BCUT2D eigenvalue weighted by Gasteiger charge is -2.15. The molecule has 0 radical (unpaired) electrons. The number of aryl methyl sites for hydroxylation is 1. The van der Waals surface area contributed by atoms with Gasteiger partial charge in [-0.1, -0.05) is 17.7 Å². The SMILES string of the molecule is COc1ccc([N+](=O)[O-])cc1NC(=O)[C@@H](C)OC(=O)c1cccc(C)c1. The molecule has 0 bridgehead atoms. The third-order valence-electron chi connectivity index (χ3n) is 3.56. The van der Waals surface area contributed by atoms with Crippen LogP contribution in [0.1, 0.15) is 22.8 Å². The van der Waals surface area contributed by atoms with Crippen molar-refractivity contribution >= 4 is 23.3 Å². The van der Waals surface area contributed by atoms with Crippen molar-refractivity contribution in [2.45, 2.75) is 20.0 Å². The minimum absolute atomic E-state index is 0.116. The van der Waals surface area contributed by atoms with Crippen LogP contribution in [-0.2, 0) is 9.53 Å². The van der Waals surface area contributed by atoms with E-state index >= 15 is 0 Å². The Labute approximate surface area is 149 Å². The number of nitrogens with zero attached hydrogens (tertiary/aromatic N) is 1. The van der Waals surface area contributed by atoms with Crippen molar-refractivity contribution in [2.24, 2.45) is 0 Å². The maximum atomic E-state index is 12.3. The highest BCUT2D eigenvalue weighted by Gasteiger charge is 2.21. The Balaban J connectivity index is 2.10. The standard InChI is InChI=1S/C18H18N2O6/c1-11-5-4-6-13(9-11)18(22)26-12(2)17(21)19-15-10-14(20(23)24)7-8-16(15)25-3/h4-10,12H,1-3H3,(H,19,21)/t12-/m1/s1. The van der Waals surface area contributed by atoms with Crippen LogP contribution >= 0.6 is 0 Å². The number of hydrogen-bond acceptors (Lipinski definition) is 6. The summed E-state index contributed by atoms with van der Waals surface area (Å²) in [5.74, 6) is -1.02. The summed E-state index contributed by atoms with van der Waals surface area (Å²) >= 11 is 0. The molecular weight excluding hydrogens is 340 g/mol. The summed E-state index contributed by atoms with van der Waals surface area (Å²) in [6, 6.07) is 10.6.